The van der Waals surface area contributed by atoms with Crippen molar-refractivity contribution < 1.29 is 13.9 Å². The highest BCUT2D eigenvalue weighted by Crippen LogP contribution is 2.35. The minimum atomic E-state index is -0.239. The second-order valence-corrected chi connectivity index (χ2v) is 7.95. The Balaban J connectivity index is 1.53. The topological polar surface area (TPSA) is 32.8 Å². The van der Waals surface area contributed by atoms with Gasteiger partial charge in [-0.15, -0.1) is 0 Å². The van der Waals surface area contributed by atoms with E-state index >= 15 is 0 Å². The highest BCUT2D eigenvalue weighted by atomic mass is 19.1. The Morgan fingerprint density at radius 1 is 1.11 bits per heavy atom. The van der Waals surface area contributed by atoms with Crippen molar-refractivity contribution in [2.24, 2.45) is 5.92 Å². The first-order valence-electron chi connectivity index (χ1n) is 10.1. The van der Waals surface area contributed by atoms with Crippen LogP contribution in [0.5, 0.6) is 5.75 Å². The van der Waals surface area contributed by atoms with Gasteiger partial charge in [0.2, 0.25) is 5.91 Å². The third-order valence-electron chi connectivity index (χ3n) is 5.86. The summed E-state index contributed by atoms with van der Waals surface area (Å²) >= 11 is 0. The first-order valence-corrected chi connectivity index (χ1v) is 10.1. The number of hydrogen-bond donors (Lipinski definition) is 0. The molecule has 2 aromatic rings. The molecule has 28 heavy (non-hydrogen) atoms. The van der Waals surface area contributed by atoms with E-state index in [1.165, 1.54) is 12.1 Å². The minimum absolute atomic E-state index is 0.0354. The van der Waals surface area contributed by atoms with Gasteiger partial charge in [0, 0.05) is 19.6 Å². The second-order valence-electron chi connectivity index (χ2n) is 7.95. The van der Waals surface area contributed by atoms with Crippen molar-refractivity contribution in [1.82, 2.24) is 4.90 Å². The third-order valence-corrected chi connectivity index (χ3v) is 5.86. The summed E-state index contributed by atoms with van der Waals surface area (Å²) in [5, 5.41) is 0. The SMILES string of the molecule is CC1CCN(C(=O)CC2COc3ccccc3N2Cc2ccc(F)cc2)CC1. The van der Waals surface area contributed by atoms with Crippen LogP contribution in [0.3, 0.4) is 0 Å². The number of halogens is 1. The van der Waals surface area contributed by atoms with Crippen LogP contribution in [-0.4, -0.2) is 36.5 Å². The van der Waals surface area contributed by atoms with E-state index in [0.717, 1.165) is 42.9 Å². The van der Waals surface area contributed by atoms with E-state index in [0.29, 0.717) is 25.5 Å². The molecule has 1 saturated heterocycles. The van der Waals surface area contributed by atoms with Crippen molar-refractivity contribution in [3.05, 3.63) is 59.9 Å². The molecule has 0 saturated carbocycles. The van der Waals surface area contributed by atoms with Crippen LogP contribution in [0.2, 0.25) is 0 Å². The molecule has 0 N–H and O–H groups in total. The van der Waals surface area contributed by atoms with Crippen molar-refractivity contribution in [1.29, 1.82) is 0 Å². The fourth-order valence-electron chi connectivity index (χ4n) is 4.05. The third kappa shape index (κ3) is 4.13. The molecule has 1 fully saturated rings. The number of hydrogen-bond acceptors (Lipinski definition) is 3. The van der Waals surface area contributed by atoms with E-state index in [9.17, 15) is 9.18 Å². The normalized spacial score (nSPS) is 19.9. The largest absolute Gasteiger partial charge is 0.489 e. The number of carbonyl (C=O) groups is 1. The summed E-state index contributed by atoms with van der Waals surface area (Å²) in [6.45, 7) is 5.05. The number of piperidine rings is 1. The average Bonchev–Trinajstić information content (AvgIpc) is 2.71. The Labute approximate surface area is 165 Å². The van der Waals surface area contributed by atoms with E-state index < -0.39 is 0 Å². The zero-order chi connectivity index (χ0) is 19.5. The Bertz CT molecular complexity index is 816. The molecule has 0 spiro atoms. The molecule has 1 atom stereocenters. The van der Waals surface area contributed by atoms with Gasteiger partial charge in [0.05, 0.1) is 18.2 Å². The maximum Gasteiger partial charge on any atom is 0.224 e. The number of carbonyl (C=O) groups excluding carboxylic acids is 1. The van der Waals surface area contributed by atoms with Crippen LogP contribution in [0.25, 0.3) is 0 Å². The van der Waals surface area contributed by atoms with Crippen LogP contribution in [0.1, 0.15) is 31.7 Å². The van der Waals surface area contributed by atoms with E-state index in [1.807, 2.05) is 29.2 Å². The molecule has 148 valence electrons. The number of likely N-dealkylation sites (tertiary alicyclic amines) is 1. The number of benzene rings is 2. The van der Waals surface area contributed by atoms with Gasteiger partial charge in [0.1, 0.15) is 18.2 Å². The minimum Gasteiger partial charge on any atom is -0.489 e. The zero-order valence-electron chi connectivity index (χ0n) is 16.3. The number of anilines is 1. The highest BCUT2D eigenvalue weighted by molar-refractivity contribution is 5.78. The van der Waals surface area contributed by atoms with E-state index in [-0.39, 0.29) is 17.8 Å². The molecule has 5 heteroatoms. The quantitative estimate of drug-likeness (QED) is 0.793. The lowest BCUT2D eigenvalue weighted by Crippen LogP contribution is -2.47. The molecule has 4 nitrogen and oxygen atoms in total. The van der Waals surface area contributed by atoms with Crippen LogP contribution in [0.4, 0.5) is 10.1 Å². The van der Waals surface area contributed by atoms with Crippen LogP contribution >= 0.6 is 0 Å². The monoisotopic (exact) mass is 382 g/mol. The standard InChI is InChI=1S/C23H27FN2O2/c1-17-10-12-25(13-11-17)23(27)14-20-16-28-22-5-3-2-4-21(22)26(20)15-18-6-8-19(24)9-7-18/h2-9,17,20H,10-16H2,1H3. The van der Waals surface area contributed by atoms with Crippen LogP contribution in [-0.2, 0) is 11.3 Å². The van der Waals surface area contributed by atoms with E-state index in [4.69, 9.17) is 4.74 Å². The number of amides is 1. The first kappa shape index (κ1) is 18.8. The number of rotatable bonds is 4. The van der Waals surface area contributed by atoms with Crippen LogP contribution in [0.15, 0.2) is 48.5 Å². The van der Waals surface area contributed by atoms with Crippen LogP contribution in [0, 0.1) is 11.7 Å². The summed E-state index contributed by atoms with van der Waals surface area (Å²) in [7, 11) is 0. The Hall–Kier alpha value is -2.56. The summed E-state index contributed by atoms with van der Waals surface area (Å²) in [5.41, 5.74) is 2.01. The number of para-hydroxylation sites is 2. The van der Waals surface area contributed by atoms with E-state index in [1.54, 1.807) is 12.1 Å². The number of fused-ring (bicyclic) bond motifs is 1. The summed E-state index contributed by atoms with van der Waals surface area (Å²) in [6, 6.07) is 14.5. The molecule has 2 aliphatic rings. The molecule has 0 radical (unpaired) electrons. The fraction of sp³-hybridized carbons (Fsp3) is 0.435. The molecule has 2 aromatic carbocycles. The molecule has 1 unspecified atom stereocenters. The maximum atomic E-state index is 13.3. The van der Waals surface area contributed by atoms with Gasteiger partial charge >= 0.3 is 0 Å². The lowest BCUT2D eigenvalue weighted by Gasteiger charge is -2.40. The molecule has 0 aromatic heterocycles. The molecule has 2 heterocycles. The van der Waals surface area contributed by atoms with Crippen molar-refractivity contribution in [3.8, 4) is 5.75 Å². The Kier molecular flexibility index (Phi) is 5.51. The van der Waals surface area contributed by atoms with Crippen LogP contribution < -0.4 is 9.64 Å². The van der Waals surface area contributed by atoms with E-state index in [2.05, 4.69) is 11.8 Å². The predicted octanol–water partition coefficient (Wildman–Crippen LogP) is 4.24. The first-order chi connectivity index (χ1) is 13.6. The van der Waals surface area contributed by atoms with Gasteiger partial charge in [0.25, 0.3) is 0 Å². The van der Waals surface area contributed by atoms with Crippen molar-refractivity contribution >= 4 is 11.6 Å². The van der Waals surface area contributed by atoms with Gasteiger partial charge in [-0.3, -0.25) is 4.79 Å². The highest BCUT2D eigenvalue weighted by Gasteiger charge is 2.31. The zero-order valence-corrected chi connectivity index (χ0v) is 16.3. The molecule has 1 amide bonds. The van der Waals surface area contributed by atoms with Gasteiger partial charge in [-0.05, 0) is 48.6 Å². The van der Waals surface area contributed by atoms with Gasteiger partial charge < -0.3 is 14.5 Å². The number of nitrogens with zero attached hydrogens (tertiary/aromatic N) is 2. The smallest absolute Gasteiger partial charge is 0.224 e. The van der Waals surface area contributed by atoms with Crippen molar-refractivity contribution in [3.63, 3.8) is 0 Å². The molecule has 0 bridgehead atoms. The van der Waals surface area contributed by atoms with Gasteiger partial charge in [-0.1, -0.05) is 31.2 Å². The van der Waals surface area contributed by atoms with Gasteiger partial charge in [-0.25, -0.2) is 4.39 Å². The molecule has 4 rings (SSSR count). The summed E-state index contributed by atoms with van der Waals surface area (Å²) in [4.78, 5) is 17.2. The molecule has 2 aliphatic heterocycles. The van der Waals surface area contributed by atoms with Gasteiger partial charge in [0.15, 0.2) is 0 Å². The summed E-state index contributed by atoms with van der Waals surface area (Å²) < 4.78 is 19.3. The Morgan fingerprint density at radius 2 is 1.82 bits per heavy atom. The predicted molar refractivity (Wildman–Crippen MR) is 108 cm³/mol. The average molecular weight is 382 g/mol. The maximum absolute atomic E-state index is 13.3. The molecular formula is C23H27FN2O2. The lowest BCUT2D eigenvalue weighted by molar-refractivity contribution is -0.133. The summed E-state index contributed by atoms with van der Waals surface area (Å²) in [6.07, 6.45) is 2.59. The number of ether oxygens (including phenoxy) is 1. The second kappa shape index (κ2) is 8.21. The van der Waals surface area contributed by atoms with Crippen molar-refractivity contribution in [2.45, 2.75) is 38.8 Å². The van der Waals surface area contributed by atoms with Crippen molar-refractivity contribution in [2.75, 3.05) is 24.6 Å². The molecule has 0 aliphatic carbocycles. The lowest BCUT2D eigenvalue weighted by atomic mass is 9.98. The fourth-order valence-corrected chi connectivity index (χ4v) is 4.05. The van der Waals surface area contributed by atoms with Gasteiger partial charge in [-0.2, -0.15) is 0 Å². The molecular weight excluding hydrogens is 355 g/mol. The Morgan fingerprint density at radius 3 is 2.57 bits per heavy atom. The summed E-state index contributed by atoms with van der Waals surface area (Å²) in [5.74, 6) is 1.49.